The molecule has 0 N–H and O–H groups in total. The molecular formula is C24H33N5O3. The van der Waals surface area contributed by atoms with E-state index in [9.17, 15) is 9.59 Å². The fourth-order valence-corrected chi connectivity index (χ4v) is 3.81. The first-order chi connectivity index (χ1) is 15.5. The molecule has 8 heteroatoms. The van der Waals surface area contributed by atoms with Gasteiger partial charge in [-0.15, -0.1) is 0 Å². The van der Waals surface area contributed by atoms with E-state index < -0.39 is 0 Å². The van der Waals surface area contributed by atoms with E-state index in [0.717, 1.165) is 43.1 Å². The third kappa shape index (κ3) is 5.96. The number of amides is 2. The molecule has 0 radical (unpaired) electrons. The van der Waals surface area contributed by atoms with Crippen LogP contribution >= 0.6 is 0 Å². The Hall–Kier alpha value is -3.16. The number of para-hydroxylation sites is 2. The molecule has 1 aliphatic heterocycles. The van der Waals surface area contributed by atoms with E-state index in [-0.39, 0.29) is 11.8 Å². The Labute approximate surface area is 190 Å². The van der Waals surface area contributed by atoms with E-state index >= 15 is 0 Å². The van der Waals surface area contributed by atoms with Crippen LogP contribution in [-0.2, 0) is 4.79 Å². The number of rotatable bonds is 9. The molecule has 0 bridgehead atoms. The number of carbonyl (C=O) groups is 2. The first-order valence-corrected chi connectivity index (χ1v) is 11.3. The fourth-order valence-electron chi connectivity index (χ4n) is 3.81. The lowest BCUT2D eigenvalue weighted by molar-refractivity contribution is -0.131. The van der Waals surface area contributed by atoms with Crippen molar-refractivity contribution in [3.8, 4) is 5.75 Å². The van der Waals surface area contributed by atoms with Gasteiger partial charge in [-0.25, -0.2) is 4.98 Å². The van der Waals surface area contributed by atoms with Gasteiger partial charge in [-0.3, -0.25) is 14.6 Å². The fraction of sp³-hybridized carbons (Fsp3) is 0.500. The number of hydrogen-bond donors (Lipinski definition) is 0. The molecule has 172 valence electrons. The summed E-state index contributed by atoms with van der Waals surface area (Å²) in [5, 5.41) is 0. The van der Waals surface area contributed by atoms with Gasteiger partial charge in [0.1, 0.15) is 11.4 Å². The molecule has 0 spiro atoms. The second-order valence-electron chi connectivity index (χ2n) is 7.98. The number of aryl methyl sites for hydroxylation is 1. The number of hydrogen-bond acceptors (Lipinski definition) is 6. The maximum absolute atomic E-state index is 12.9. The van der Waals surface area contributed by atoms with Gasteiger partial charge >= 0.3 is 0 Å². The van der Waals surface area contributed by atoms with Crippen LogP contribution in [-0.4, -0.2) is 78.0 Å². The van der Waals surface area contributed by atoms with Crippen molar-refractivity contribution in [2.24, 2.45) is 0 Å². The topological polar surface area (TPSA) is 78.9 Å². The second-order valence-corrected chi connectivity index (χ2v) is 7.98. The zero-order valence-electron chi connectivity index (χ0n) is 19.3. The Morgan fingerprint density at radius 2 is 1.81 bits per heavy atom. The molecule has 1 fully saturated rings. The van der Waals surface area contributed by atoms with E-state index in [0.29, 0.717) is 38.3 Å². The quantitative estimate of drug-likeness (QED) is 0.598. The zero-order valence-corrected chi connectivity index (χ0v) is 19.3. The maximum atomic E-state index is 12.9. The second kappa shape index (κ2) is 11.5. The van der Waals surface area contributed by atoms with E-state index in [2.05, 4.69) is 21.8 Å². The van der Waals surface area contributed by atoms with Gasteiger partial charge in [0.25, 0.3) is 5.91 Å². The molecule has 0 saturated carbocycles. The molecule has 1 aromatic carbocycles. The monoisotopic (exact) mass is 439 g/mol. The Morgan fingerprint density at radius 3 is 2.47 bits per heavy atom. The van der Waals surface area contributed by atoms with Crippen molar-refractivity contribution in [1.29, 1.82) is 0 Å². The van der Waals surface area contributed by atoms with Gasteiger partial charge in [-0.05, 0) is 25.5 Å². The zero-order chi connectivity index (χ0) is 22.9. The van der Waals surface area contributed by atoms with Gasteiger partial charge in [0.15, 0.2) is 0 Å². The van der Waals surface area contributed by atoms with Crippen molar-refractivity contribution in [2.45, 2.75) is 33.1 Å². The Balaban J connectivity index is 1.54. The van der Waals surface area contributed by atoms with Crippen LogP contribution in [0.5, 0.6) is 5.75 Å². The number of anilines is 1. The molecule has 2 aromatic rings. The largest absolute Gasteiger partial charge is 0.495 e. The molecule has 0 atom stereocenters. The molecule has 1 saturated heterocycles. The number of aromatic nitrogens is 2. The molecule has 0 aliphatic carbocycles. The van der Waals surface area contributed by atoms with E-state index in [1.165, 1.54) is 6.20 Å². The normalized spacial score (nSPS) is 13.7. The van der Waals surface area contributed by atoms with Crippen LogP contribution in [0.3, 0.4) is 0 Å². The van der Waals surface area contributed by atoms with Crippen molar-refractivity contribution >= 4 is 17.5 Å². The third-order valence-electron chi connectivity index (χ3n) is 5.72. The summed E-state index contributed by atoms with van der Waals surface area (Å²) in [6, 6.07) is 7.94. The summed E-state index contributed by atoms with van der Waals surface area (Å²) < 4.78 is 5.47. The average Bonchev–Trinajstić information content (AvgIpc) is 2.84. The lowest BCUT2D eigenvalue weighted by Gasteiger charge is -2.37. The molecule has 2 amide bonds. The first-order valence-electron chi connectivity index (χ1n) is 11.3. The van der Waals surface area contributed by atoms with Gasteiger partial charge in [0.2, 0.25) is 5.91 Å². The highest BCUT2D eigenvalue weighted by Crippen LogP contribution is 2.28. The molecule has 0 unspecified atom stereocenters. The molecule has 8 nitrogen and oxygen atoms in total. The van der Waals surface area contributed by atoms with Gasteiger partial charge in [0.05, 0.1) is 24.7 Å². The average molecular weight is 440 g/mol. The van der Waals surface area contributed by atoms with Gasteiger partial charge in [-0.1, -0.05) is 25.5 Å². The van der Waals surface area contributed by atoms with Gasteiger partial charge < -0.3 is 19.4 Å². The van der Waals surface area contributed by atoms with Crippen LogP contribution in [0.4, 0.5) is 5.69 Å². The van der Waals surface area contributed by atoms with E-state index in [4.69, 9.17) is 4.74 Å². The minimum Gasteiger partial charge on any atom is -0.495 e. The molecular weight excluding hydrogens is 406 g/mol. The van der Waals surface area contributed by atoms with Gasteiger partial charge in [0, 0.05) is 51.9 Å². The summed E-state index contributed by atoms with van der Waals surface area (Å²) >= 11 is 0. The highest BCUT2D eigenvalue weighted by atomic mass is 16.5. The molecule has 1 aliphatic rings. The number of methoxy groups -OCH3 is 1. The van der Waals surface area contributed by atoms with Crippen LogP contribution in [0.1, 0.15) is 42.4 Å². The van der Waals surface area contributed by atoms with E-state index in [1.807, 2.05) is 36.1 Å². The molecule has 32 heavy (non-hydrogen) atoms. The number of carbonyl (C=O) groups excluding carboxylic acids is 2. The summed E-state index contributed by atoms with van der Waals surface area (Å²) in [7, 11) is 1.67. The van der Waals surface area contributed by atoms with Crippen molar-refractivity contribution in [3.63, 3.8) is 0 Å². The predicted octanol–water partition coefficient (Wildman–Crippen LogP) is 2.77. The standard InChI is InChI=1S/C24H33N5O3/c1-4-5-11-29(24(31)20-18-25-19(2)17-26-20)12-10-23(30)28-15-13-27(14-16-28)21-8-6-7-9-22(21)32-3/h6-9,17-18H,4-5,10-16H2,1-3H3. The van der Waals surface area contributed by atoms with Crippen LogP contribution in [0.15, 0.2) is 36.7 Å². The van der Waals surface area contributed by atoms with Crippen LogP contribution < -0.4 is 9.64 Å². The summed E-state index contributed by atoms with van der Waals surface area (Å²) in [5.41, 5.74) is 2.14. The number of benzene rings is 1. The summed E-state index contributed by atoms with van der Waals surface area (Å²) in [4.78, 5) is 40.0. The number of piperazine rings is 1. The maximum Gasteiger partial charge on any atom is 0.274 e. The number of nitrogens with zero attached hydrogens (tertiary/aromatic N) is 5. The molecule has 3 rings (SSSR count). The van der Waals surface area contributed by atoms with Crippen molar-refractivity contribution < 1.29 is 14.3 Å². The first kappa shape index (κ1) is 23.5. The van der Waals surface area contributed by atoms with Crippen LogP contribution in [0, 0.1) is 6.92 Å². The summed E-state index contributed by atoms with van der Waals surface area (Å²) in [6.45, 7) is 7.74. The van der Waals surface area contributed by atoms with Crippen LogP contribution in [0.25, 0.3) is 0 Å². The lowest BCUT2D eigenvalue weighted by Crippen LogP contribution is -2.49. The Bertz CT molecular complexity index is 895. The number of unbranched alkanes of at least 4 members (excludes halogenated alkanes) is 1. The Kier molecular flexibility index (Phi) is 8.41. The van der Waals surface area contributed by atoms with E-state index in [1.54, 1.807) is 18.2 Å². The van der Waals surface area contributed by atoms with Crippen molar-refractivity contribution in [2.75, 3.05) is 51.3 Å². The summed E-state index contributed by atoms with van der Waals surface area (Å²) in [5.74, 6) is 0.755. The SMILES string of the molecule is CCCCN(CCC(=O)N1CCN(c2ccccc2OC)CC1)C(=O)c1cnc(C)cn1. The van der Waals surface area contributed by atoms with Gasteiger partial charge in [-0.2, -0.15) is 0 Å². The highest BCUT2D eigenvalue weighted by molar-refractivity contribution is 5.92. The van der Waals surface area contributed by atoms with Crippen LogP contribution in [0.2, 0.25) is 0 Å². The third-order valence-corrected chi connectivity index (χ3v) is 5.72. The predicted molar refractivity (Wildman–Crippen MR) is 124 cm³/mol. The smallest absolute Gasteiger partial charge is 0.274 e. The van der Waals surface area contributed by atoms with Crippen molar-refractivity contribution in [3.05, 3.63) is 48.0 Å². The van der Waals surface area contributed by atoms with Crippen molar-refractivity contribution in [1.82, 2.24) is 19.8 Å². The summed E-state index contributed by atoms with van der Waals surface area (Å²) in [6.07, 6.45) is 5.27. The minimum absolute atomic E-state index is 0.0777. The highest BCUT2D eigenvalue weighted by Gasteiger charge is 2.24. The number of ether oxygens (including phenoxy) is 1. The lowest BCUT2D eigenvalue weighted by atomic mass is 10.2. The molecule has 1 aromatic heterocycles. The Morgan fingerprint density at radius 1 is 1.06 bits per heavy atom. The minimum atomic E-state index is -0.167. The molecule has 2 heterocycles.